The topological polar surface area (TPSA) is 245 Å². The van der Waals surface area contributed by atoms with E-state index in [1.54, 1.807) is 35.0 Å². The maximum Gasteiger partial charge on any atom is 0.254 e. The van der Waals surface area contributed by atoms with Crippen molar-refractivity contribution in [2.75, 3.05) is 94.3 Å². The van der Waals surface area contributed by atoms with Crippen LogP contribution in [0.5, 0.6) is 17.5 Å². The predicted octanol–water partition coefficient (Wildman–Crippen LogP) is 4.73. The fourth-order valence-electron chi connectivity index (χ4n) is 11.1. The number of aryl methyl sites for hydroxylation is 1. The van der Waals surface area contributed by atoms with Gasteiger partial charge in [-0.3, -0.25) is 19.4 Å². The second kappa shape index (κ2) is 22.9. The Morgan fingerprint density at radius 2 is 1.60 bits per heavy atom. The van der Waals surface area contributed by atoms with Crippen LogP contribution in [0.4, 0.5) is 17.2 Å². The third-order valence-corrected chi connectivity index (χ3v) is 16.0. The molecule has 4 saturated heterocycles. The number of nitrogen functional groups attached to an aromatic ring is 1. The highest BCUT2D eigenvalue weighted by Gasteiger charge is 2.44. The molecule has 0 saturated carbocycles. The molecule has 0 radical (unpaired) electrons. The Balaban J connectivity index is 0.659. The molecule has 396 valence electrons. The summed E-state index contributed by atoms with van der Waals surface area (Å²) in [5.41, 5.74) is 14.0. The van der Waals surface area contributed by atoms with E-state index in [9.17, 15) is 24.9 Å². The molecule has 2 bridgehead atoms. The number of rotatable bonds is 19. The Morgan fingerprint density at radius 3 is 2.27 bits per heavy atom. The zero-order chi connectivity index (χ0) is 52.2. The number of aliphatic hydroxyl groups is 2. The number of fused-ring (bicyclic) bond motifs is 2. The lowest BCUT2D eigenvalue weighted by Gasteiger charge is -2.43. The maximum absolute atomic E-state index is 14.3. The monoisotopic (exact) mass is 1040 g/mol. The average Bonchev–Trinajstić information content (AvgIpc) is 4.22. The van der Waals surface area contributed by atoms with E-state index < -0.39 is 30.0 Å². The van der Waals surface area contributed by atoms with Gasteiger partial charge in [-0.15, -0.1) is 21.5 Å². The highest BCUT2D eigenvalue weighted by Crippen LogP contribution is 2.40. The van der Waals surface area contributed by atoms with E-state index >= 15 is 0 Å². The molecule has 0 spiro atoms. The number of aromatic hydroxyl groups is 1. The molecule has 20 nitrogen and oxygen atoms in total. The van der Waals surface area contributed by atoms with Crippen LogP contribution in [0.15, 0.2) is 89.0 Å². The van der Waals surface area contributed by atoms with Crippen molar-refractivity contribution in [2.45, 2.75) is 76.2 Å². The lowest BCUT2D eigenvalue weighted by atomic mass is 9.91. The van der Waals surface area contributed by atoms with Gasteiger partial charge in [0.1, 0.15) is 30.9 Å². The van der Waals surface area contributed by atoms with E-state index in [0.717, 1.165) is 86.2 Å². The van der Waals surface area contributed by atoms with E-state index in [1.165, 1.54) is 4.90 Å². The second-order valence-corrected chi connectivity index (χ2v) is 21.1. The van der Waals surface area contributed by atoms with Gasteiger partial charge in [0, 0.05) is 107 Å². The number of amides is 2. The van der Waals surface area contributed by atoms with Gasteiger partial charge in [0.2, 0.25) is 17.7 Å². The summed E-state index contributed by atoms with van der Waals surface area (Å²) >= 11 is 1.55. The van der Waals surface area contributed by atoms with Crippen LogP contribution in [0.25, 0.3) is 21.7 Å². The summed E-state index contributed by atoms with van der Waals surface area (Å²) in [6.45, 7) is 12.8. The number of anilines is 3. The first kappa shape index (κ1) is 51.6. The highest BCUT2D eigenvalue weighted by molar-refractivity contribution is 7.13. The Kier molecular flexibility index (Phi) is 15.8. The zero-order valence-electron chi connectivity index (χ0n) is 42.6. The van der Waals surface area contributed by atoms with Crippen molar-refractivity contribution >= 4 is 40.3 Å². The van der Waals surface area contributed by atoms with Crippen molar-refractivity contribution < 1.29 is 38.9 Å². The molecule has 0 aliphatic carbocycles. The molecule has 2 amide bonds. The minimum absolute atomic E-state index is 0.00822. The summed E-state index contributed by atoms with van der Waals surface area (Å²) in [7, 11) is 0. The van der Waals surface area contributed by atoms with Crippen LogP contribution in [-0.4, -0.2) is 170 Å². The Hall–Kier alpha value is -6.91. The SMILES string of the molecule is Cc1ncsc1-c1ccc([C@H](CO)NC(=O)[C@@H]2C[C@@H](O)CN2C(=O)[C@@H](c2cc(OCCN3CCN(CCOc4cc(N5C6CCC5CN(c5cc(-c7ccccc7O)nnc5N)C6)ccn4)CC3)no2)C(C)C)cc1. The number of aromatic nitrogens is 5. The number of nitrogens with zero attached hydrogens (tertiary/aromatic N) is 10. The van der Waals surface area contributed by atoms with E-state index in [-0.39, 0.29) is 55.1 Å². The normalized spacial score (nSPS) is 20.9. The first-order chi connectivity index (χ1) is 36.4. The summed E-state index contributed by atoms with van der Waals surface area (Å²) in [6, 6.07) is 21.3. The largest absolute Gasteiger partial charge is 0.507 e. The summed E-state index contributed by atoms with van der Waals surface area (Å²) in [4.78, 5) is 48.9. The van der Waals surface area contributed by atoms with Crippen LogP contribution in [0, 0.1) is 12.8 Å². The van der Waals surface area contributed by atoms with Crippen LogP contribution in [0.1, 0.15) is 62.1 Å². The van der Waals surface area contributed by atoms with Gasteiger partial charge >= 0.3 is 0 Å². The number of phenols is 1. The molecule has 10 rings (SSSR count). The molecule has 4 aliphatic rings. The number of nitrogens with two attached hydrogens (primary N) is 1. The number of hydrogen-bond acceptors (Lipinski definition) is 19. The molecule has 2 aromatic carbocycles. The number of para-hydroxylation sites is 1. The Morgan fingerprint density at radius 1 is 0.893 bits per heavy atom. The van der Waals surface area contributed by atoms with E-state index in [1.807, 2.05) is 75.5 Å². The molecule has 6 aromatic rings. The molecule has 8 heterocycles. The van der Waals surface area contributed by atoms with Crippen LogP contribution < -0.4 is 30.3 Å². The number of β-amino-alcohol motifs (C(OH)–C–C–N with tert-alkyl or cyclic N) is 1. The zero-order valence-corrected chi connectivity index (χ0v) is 43.4. The van der Waals surface area contributed by atoms with Gasteiger partial charge in [0.05, 0.1) is 46.2 Å². The lowest BCUT2D eigenvalue weighted by Crippen LogP contribution is -2.54. The standard InChI is InChI=1S/C54H66N12O8S/c1-33(2)50(54(71)65-30-40(68)25-45(65)53(70)58-43(31-67)35-8-10-36(11-9-35)51-34(3)57-32-75-51)47-27-49(61-74-47)73-23-21-63-18-16-62(17-19-63)20-22-72-48-24-37(14-15-56-48)66-38-12-13-39(66)29-64(28-38)44-26-42(59-60-52(44)55)41-6-4-5-7-46(41)69/h4-11,14-15,24,26-27,32-33,38-40,43,45,50,67-69H,12-13,16-23,25,28-31H2,1-3H3,(H2,55,60)(H,58,70)/t38?,39?,40-,43+,45+,50-/m1/s1. The second-order valence-electron chi connectivity index (χ2n) is 20.3. The van der Waals surface area contributed by atoms with E-state index in [2.05, 4.69) is 56.3 Å². The summed E-state index contributed by atoms with van der Waals surface area (Å²) in [5.74, 6) is -0.0672. The van der Waals surface area contributed by atoms with Crippen molar-refractivity contribution in [1.29, 1.82) is 0 Å². The molecule has 4 fully saturated rings. The fraction of sp³-hybridized carbons (Fsp3) is 0.463. The van der Waals surface area contributed by atoms with Gasteiger partial charge in [-0.2, -0.15) is 0 Å². The lowest BCUT2D eigenvalue weighted by molar-refractivity contribution is -0.141. The number of piperazine rings is 2. The van der Waals surface area contributed by atoms with Crippen LogP contribution in [0.2, 0.25) is 0 Å². The maximum atomic E-state index is 14.3. The molecule has 4 aromatic heterocycles. The Bertz CT molecular complexity index is 2900. The van der Waals surface area contributed by atoms with Gasteiger partial charge in [-0.1, -0.05) is 50.2 Å². The van der Waals surface area contributed by atoms with Crippen molar-refractivity contribution in [3.05, 3.63) is 102 Å². The number of benzene rings is 2. The summed E-state index contributed by atoms with van der Waals surface area (Å²) in [5, 5.41) is 47.1. The average molecular weight is 1040 g/mol. The number of nitrogens with one attached hydrogen (secondary N) is 1. The van der Waals surface area contributed by atoms with Crippen molar-refractivity contribution in [3.8, 4) is 39.2 Å². The molecule has 6 atom stereocenters. The Labute approximate surface area is 440 Å². The molecule has 75 heavy (non-hydrogen) atoms. The van der Waals surface area contributed by atoms with Crippen LogP contribution >= 0.6 is 11.3 Å². The summed E-state index contributed by atoms with van der Waals surface area (Å²) < 4.78 is 18.0. The molecular formula is C54H66N12O8S. The molecular weight excluding hydrogens is 977 g/mol. The smallest absolute Gasteiger partial charge is 0.254 e. The van der Waals surface area contributed by atoms with Crippen LogP contribution in [-0.2, 0) is 9.59 Å². The number of aliphatic hydroxyl groups excluding tert-OH is 2. The number of phenolic OH excluding ortho intramolecular Hbond substituents is 1. The number of carbonyl (C=O) groups excluding carboxylic acids is 2. The van der Waals surface area contributed by atoms with Gasteiger partial charge in [-0.05, 0) is 66.2 Å². The van der Waals surface area contributed by atoms with Crippen molar-refractivity contribution in [2.24, 2.45) is 5.92 Å². The van der Waals surface area contributed by atoms with Crippen LogP contribution in [0.3, 0.4) is 0 Å². The third kappa shape index (κ3) is 11.5. The van der Waals surface area contributed by atoms with Gasteiger partial charge < -0.3 is 55.1 Å². The van der Waals surface area contributed by atoms with Gasteiger partial charge in [0.15, 0.2) is 11.6 Å². The van der Waals surface area contributed by atoms with Crippen molar-refractivity contribution in [3.63, 3.8) is 0 Å². The van der Waals surface area contributed by atoms with Gasteiger partial charge in [-0.25, -0.2) is 9.97 Å². The number of carbonyl (C=O) groups is 2. The van der Waals surface area contributed by atoms with E-state index in [4.69, 9.17) is 19.7 Å². The summed E-state index contributed by atoms with van der Waals surface area (Å²) in [6.07, 6.45) is 3.12. The fourth-order valence-corrected chi connectivity index (χ4v) is 11.9. The number of hydrogen-bond donors (Lipinski definition) is 5. The molecule has 6 N–H and O–H groups in total. The number of thiazole rings is 1. The predicted molar refractivity (Wildman–Crippen MR) is 284 cm³/mol. The number of pyridine rings is 1. The first-order valence-corrected chi connectivity index (χ1v) is 26.8. The number of ether oxygens (including phenoxy) is 2. The first-order valence-electron chi connectivity index (χ1n) is 25.9. The molecule has 21 heteroatoms. The van der Waals surface area contributed by atoms with Crippen molar-refractivity contribution in [1.82, 2.24) is 45.3 Å². The minimum atomic E-state index is -0.940. The quantitative estimate of drug-likeness (QED) is 0.0736. The highest BCUT2D eigenvalue weighted by atomic mass is 32.1. The number of likely N-dealkylation sites (tertiary alicyclic amines) is 1. The van der Waals surface area contributed by atoms with Gasteiger partial charge in [0.25, 0.3) is 5.88 Å². The van der Waals surface area contributed by atoms with E-state index in [0.29, 0.717) is 54.0 Å². The molecule has 2 unspecified atom stereocenters. The minimum Gasteiger partial charge on any atom is -0.507 e. The molecule has 4 aliphatic heterocycles. The third-order valence-electron chi connectivity index (χ3n) is 15.0.